The first-order chi connectivity index (χ1) is 21.4. The lowest BCUT2D eigenvalue weighted by Gasteiger charge is -2.19. The molecule has 0 unspecified atom stereocenters. The van der Waals surface area contributed by atoms with E-state index in [1.165, 1.54) is 87.1 Å². The van der Waals surface area contributed by atoms with E-state index < -0.39 is 0 Å². The molecule has 0 atom stereocenters. The van der Waals surface area contributed by atoms with Crippen LogP contribution in [0.25, 0.3) is 92.8 Å². The summed E-state index contributed by atoms with van der Waals surface area (Å²) in [4.78, 5) is 4.86. The van der Waals surface area contributed by atoms with Crippen LogP contribution in [-0.2, 0) is 0 Å². The maximum Gasteiger partial charge on any atom is 0.145 e. The summed E-state index contributed by atoms with van der Waals surface area (Å²) in [6, 6.07) is 51.1. The molecule has 0 saturated heterocycles. The zero-order valence-corrected chi connectivity index (χ0v) is 23.3. The Bertz CT molecular complexity index is 2580. The topological polar surface area (TPSA) is 17.3 Å². The van der Waals surface area contributed by atoms with Crippen LogP contribution < -0.4 is 0 Å². The van der Waals surface area contributed by atoms with Crippen LogP contribution in [0.15, 0.2) is 146 Å². The first kappa shape index (κ1) is 22.9. The monoisotopic (exact) mass is 544 g/mol. The summed E-state index contributed by atoms with van der Waals surface area (Å²) < 4.78 is 2.35. The Morgan fingerprint density at radius 3 is 1.72 bits per heavy atom. The molecule has 10 rings (SSSR count). The van der Waals surface area contributed by atoms with Gasteiger partial charge in [0.25, 0.3) is 0 Å². The van der Waals surface area contributed by atoms with Gasteiger partial charge < -0.3 is 0 Å². The molecule has 2 heteroatoms. The molecular formula is C41H24N2. The van der Waals surface area contributed by atoms with Crippen LogP contribution in [0.5, 0.6) is 0 Å². The van der Waals surface area contributed by atoms with Crippen LogP contribution >= 0.6 is 0 Å². The molecule has 7 aromatic carbocycles. The summed E-state index contributed by atoms with van der Waals surface area (Å²) in [5, 5.41) is 12.6. The Balaban J connectivity index is 1.40. The summed E-state index contributed by atoms with van der Waals surface area (Å²) in [7, 11) is 0. The largest absolute Gasteiger partial charge is 0.293 e. The van der Waals surface area contributed by atoms with Gasteiger partial charge in [-0.3, -0.25) is 4.40 Å². The second kappa shape index (κ2) is 8.40. The van der Waals surface area contributed by atoms with Crippen molar-refractivity contribution in [2.24, 2.45) is 0 Å². The molecule has 10 aromatic rings. The van der Waals surface area contributed by atoms with Crippen molar-refractivity contribution in [1.82, 2.24) is 9.38 Å². The third-order valence-electron chi connectivity index (χ3n) is 9.34. The lowest BCUT2D eigenvalue weighted by Crippen LogP contribution is -1.91. The smallest absolute Gasteiger partial charge is 0.145 e. The number of fused-ring (bicyclic) bond motifs is 9. The van der Waals surface area contributed by atoms with Crippen LogP contribution in [0, 0.1) is 0 Å². The molecule has 0 aliphatic carbocycles. The summed E-state index contributed by atoms with van der Waals surface area (Å²) in [5.74, 6) is 0. The number of hydrogen-bond acceptors (Lipinski definition) is 1. The fourth-order valence-corrected chi connectivity index (χ4v) is 7.63. The average molecular weight is 545 g/mol. The molecule has 0 bridgehead atoms. The van der Waals surface area contributed by atoms with Crippen LogP contribution in [0.4, 0.5) is 0 Å². The van der Waals surface area contributed by atoms with E-state index >= 15 is 0 Å². The van der Waals surface area contributed by atoms with Gasteiger partial charge in [-0.05, 0) is 84.9 Å². The molecule has 43 heavy (non-hydrogen) atoms. The molecular weight excluding hydrogens is 520 g/mol. The maximum absolute atomic E-state index is 4.86. The van der Waals surface area contributed by atoms with E-state index in [9.17, 15) is 0 Å². The lowest BCUT2D eigenvalue weighted by molar-refractivity contribution is 1.27. The number of nitrogens with zero attached hydrogens (tertiary/aromatic N) is 2. The van der Waals surface area contributed by atoms with Crippen LogP contribution in [-0.4, -0.2) is 9.38 Å². The molecule has 3 aromatic heterocycles. The number of benzene rings is 7. The van der Waals surface area contributed by atoms with Gasteiger partial charge in [0.1, 0.15) is 5.65 Å². The minimum atomic E-state index is 1.02. The van der Waals surface area contributed by atoms with E-state index in [1.807, 2.05) is 6.20 Å². The SMILES string of the molecule is c1ccc2c(-c3c4ccccc4c(-c4cc5c6ccccc6n6c7ncccc7c(c4)c56)c4ccccc34)cccc2c1. The summed E-state index contributed by atoms with van der Waals surface area (Å²) in [6.07, 6.45) is 1.90. The molecule has 0 fully saturated rings. The normalized spacial score (nSPS) is 12.2. The number of aromatic nitrogens is 2. The minimum absolute atomic E-state index is 1.02. The van der Waals surface area contributed by atoms with Crippen molar-refractivity contribution >= 4 is 70.5 Å². The van der Waals surface area contributed by atoms with Gasteiger partial charge in [-0.15, -0.1) is 0 Å². The predicted molar refractivity (Wildman–Crippen MR) is 182 cm³/mol. The number of pyridine rings is 1. The standard InChI is InChI=1S/C41H24N2/c1-2-13-27-25(11-1)12-9-19-29(27)39-32-17-5-3-15-30(32)38(31-16-4-6-18-33(31)39)26-23-35-28-14-7-8-21-37(28)43-40(35)36(24-26)34-20-10-22-42-41(34)43/h1-24H. The number of rotatable bonds is 2. The number of para-hydroxylation sites is 1. The highest BCUT2D eigenvalue weighted by atomic mass is 15.0. The molecule has 0 amide bonds. The van der Waals surface area contributed by atoms with E-state index in [0.29, 0.717) is 0 Å². The van der Waals surface area contributed by atoms with Crippen LogP contribution in [0.2, 0.25) is 0 Å². The molecule has 0 N–H and O–H groups in total. The quantitative estimate of drug-likeness (QED) is 0.198. The molecule has 2 nitrogen and oxygen atoms in total. The van der Waals surface area contributed by atoms with Gasteiger partial charge >= 0.3 is 0 Å². The second-order valence-electron chi connectivity index (χ2n) is 11.5. The molecule has 198 valence electrons. The van der Waals surface area contributed by atoms with Crippen molar-refractivity contribution in [3.8, 4) is 22.3 Å². The van der Waals surface area contributed by atoms with Crippen LogP contribution in [0.1, 0.15) is 0 Å². The van der Waals surface area contributed by atoms with Crippen molar-refractivity contribution in [2.75, 3.05) is 0 Å². The van der Waals surface area contributed by atoms with Crippen molar-refractivity contribution < 1.29 is 0 Å². The van der Waals surface area contributed by atoms with Crippen molar-refractivity contribution in [3.05, 3.63) is 146 Å². The van der Waals surface area contributed by atoms with E-state index in [4.69, 9.17) is 4.98 Å². The average Bonchev–Trinajstić information content (AvgIpc) is 3.59. The first-order valence-corrected chi connectivity index (χ1v) is 14.8. The predicted octanol–water partition coefficient (Wildman–Crippen LogP) is 11.0. The van der Waals surface area contributed by atoms with Gasteiger partial charge in [-0.25, -0.2) is 4.98 Å². The minimum Gasteiger partial charge on any atom is -0.293 e. The Labute approximate surface area is 247 Å². The van der Waals surface area contributed by atoms with Gasteiger partial charge in [-0.2, -0.15) is 0 Å². The summed E-state index contributed by atoms with van der Waals surface area (Å²) >= 11 is 0. The van der Waals surface area contributed by atoms with Crippen LogP contribution in [0.3, 0.4) is 0 Å². The van der Waals surface area contributed by atoms with E-state index in [-0.39, 0.29) is 0 Å². The fourth-order valence-electron chi connectivity index (χ4n) is 7.63. The summed E-state index contributed by atoms with van der Waals surface area (Å²) in [5.41, 5.74) is 8.55. The Kier molecular flexibility index (Phi) is 4.48. The van der Waals surface area contributed by atoms with E-state index in [1.54, 1.807) is 0 Å². The molecule has 0 aliphatic heterocycles. The molecule has 0 radical (unpaired) electrons. The van der Waals surface area contributed by atoms with E-state index in [2.05, 4.69) is 144 Å². The van der Waals surface area contributed by atoms with Gasteiger partial charge in [-0.1, -0.05) is 109 Å². The maximum atomic E-state index is 4.86. The lowest BCUT2D eigenvalue weighted by atomic mass is 9.84. The van der Waals surface area contributed by atoms with Crippen molar-refractivity contribution in [2.45, 2.75) is 0 Å². The van der Waals surface area contributed by atoms with Gasteiger partial charge in [0, 0.05) is 27.7 Å². The third kappa shape index (κ3) is 2.99. The Morgan fingerprint density at radius 1 is 0.419 bits per heavy atom. The Hall–Kier alpha value is -5.73. The van der Waals surface area contributed by atoms with Gasteiger partial charge in [0.05, 0.1) is 11.0 Å². The first-order valence-electron chi connectivity index (χ1n) is 14.8. The third-order valence-corrected chi connectivity index (χ3v) is 9.34. The zero-order valence-electron chi connectivity index (χ0n) is 23.3. The second-order valence-corrected chi connectivity index (χ2v) is 11.5. The highest BCUT2D eigenvalue weighted by molar-refractivity contribution is 6.27. The van der Waals surface area contributed by atoms with Crippen molar-refractivity contribution in [1.29, 1.82) is 0 Å². The zero-order chi connectivity index (χ0) is 28.1. The Morgan fingerprint density at radius 2 is 0.977 bits per heavy atom. The summed E-state index contributed by atoms with van der Waals surface area (Å²) in [6.45, 7) is 0. The van der Waals surface area contributed by atoms with Crippen molar-refractivity contribution in [3.63, 3.8) is 0 Å². The molecule has 0 spiro atoms. The highest BCUT2D eigenvalue weighted by Gasteiger charge is 2.22. The van der Waals surface area contributed by atoms with Gasteiger partial charge in [0.2, 0.25) is 0 Å². The fraction of sp³-hybridized carbons (Fsp3) is 0. The highest BCUT2D eigenvalue weighted by Crippen LogP contribution is 2.47. The van der Waals surface area contributed by atoms with Gasteiger partial charge in [0.15, 0.2) is 0 Å². The number of hydrogen-bond donors (Lipinski definition) is 0. The molecule has 0 aliphatic rings. The molecule has 3 heterocycles. The van der Waals surface area contributed by atoms with E-state index in [0.717, 1.165) is 5.65 Å². The molecule has 0 saturated carbocycles.